The van der Waals surface area contributed by atoms with Gasteiger partial charge >= 0.3 is 0 Å². The topological polar surface area (TPSA) is 29.1 Å². The number of hydrogen-bond donors (Lipinski definition) is 1. The molecule has 0 aliphatic carbocycles. The normalized spacial score (nSPS) is 10.4. The van der Waals surface area contributed by atoms with Crippen molar-refractivity contribution in [2.45, 2.75) is 25.7 Å². The minimum atomic E-state index is -0.0649. The Bertz CT molecular complexity index is 399. The molecular weight excluding hydrogens is 381 g/mol. The first-order valence-electron chi connectivity index (χ1n) is 5.94. The predicted octanol–water partition coefficient (Wildman–Crippen LogP) is 4.79. The third-order valence-electron chi connectivity index (χ3n) is 2.53. The lowest BCUT2D eigenvalue weighted by atomic mass is 10.2. The van der Waals surface area contributed by atoms with E-state index in [1.807, 2.05) is 0 Å². The van der Waals surface area contributed by atoms with E-state index in [-0.39, 0.29) is 5.91 Å². The standard InChI is InChI=1S/C13H16Br2ClNO/c14-7-3-1-2-4-8-17-13(18)10-5-6-11(15)12(16)9-10/h5-6,9H,1-4,7-8H2,(H,17,18). The van der Waals surface area contributed by atoms with Crippen molar-refractivity contribution in [3.63, 3.8) is 0 Å². The molecule has 100 valence electrons. The molecule has 0 unspecified atom stereocenters. The Labute approximate surface area is 130 Å². The first kappa shape index (κ1) is 16.0. The summed E-state index contributed by atoms with van der Waals surface area (Å²) in [5.74, 6) is -0.0649. The maximum Gasteiger partial charge on any atom is 0.251 e. The van der Waals surface area contributed by atoms with Crippen LogP contribution >= 0.6 is 43.5 Å². The number of carbonyl (C=O) groups excluding carboxylic acids is 1. The van der Waals surface area contributed by atoms with Crippen molar-refractivity contribution in [3.8, 4) is 0 Å². The van der Waals surface area contributed by atoms with Crippen LogP contribution in [0, 0.1) is 0 Å². The third kappa shape index (κ3) is 5.72. The van der Waals surface area contributed by atoms with Crippen LogP contribution in [-0.2, 0) is 0 Å². The largest absolute Gasteiger partial charge is 0.352 e. The predicted molar refractivity (Wildman–Crippen MR) is 83.7 cm³/mol. The molecule has 1 rings (SSSR count). The lowest BCUT2D eigenvalue weighted by Gasteiger charge is -2.06. The minimum absolute atomic E-state index is 0.0649. The molecule has 0 bridgehead atoms. The fourth-order valence-electron chi connectivity index (χ4n) is 1.51. The smallest absolute Gasteiger partial charge is 0.251 e. The van der Waals surface area contributed by atoms with Crippen molar-refractivity contribution >= 4 is 49.4 Å². The van der Waals surface area contributed by atoms with E-state index in [4.69, 9.17) is 11.6 Å². The fourth-order valence-corrected chi connectivity index (χ4v) is 2.34. The van der Waals surface area contributed by atoms with E-state index in [0.29, 0.717) is 10.6 Å². The summed E-state index contributed by atoms with van der Waals surface area (Å²) in [6, 6.07) is 5.22. The first-order chi connectivity index (χ1) is 8.65. The Morgan fingerprint density at radius 2 is 1.94 bits per heavy atom. The first-order valence-corrected chi connectivity index (χ1v) is 8.23. The number of hydrogen-bond acceptors (Lipinski definition) is 1. The van der Waals surface area contributed by atoms with E-state index in [1.54, 1.807) is 18.2 Å². The van der Waals surface area contributed by atoms with Gasteiger partial charge in [-0.2, -0.15) is 0 Å². The molecule has 2 nitrogen and oxygen atoms in total. The molecular formula is C13H16Br2ClNO. The third-order valence-corrected chi connectivity index (χ3v) is 4.32. The van der Waals surface area contributed by atoms with Gasteiger partial charge in [0.15, 0.2) is 0 Å². The van der Waals surface area contributed by atoms with E-state index >= 15 is 0 Å². The molecule has 1 amide bonds. The highest BCUT2D eigenvalue weighted by molar-refractivity contribution is 9.10. The van der Waals surface area contributed by atoms with Crippen molar-refractivity contribution < 1.29 is 4.79 Å². The van der Waals surface area contributed by atoms with Gasteiger partial charge in [-0.15, -0.1) is 0 Å². The van der Waals surface area contributed by atoms with Gasteiger partial charge in [-0.1, -0.05) is 40.4 Å². The number of amides is 1. The van der Waals surface area contributed by atoms with E-state index in [0.717, 1.165) is 29.2 Å². The molecule has 1 N–H and O–H groups in total. The van der Waals surface area contributed by atoms with Crippen LogP contribution in [0.15, 0.2) is 22.7 Å². The summed E-state index contributed by atoms with van der Waals surface area (Å²) >= 11 is 12.6. The summed E-state index contributed by atoms with van der Waals surface area (Å²) in [5, 5.41) is 4.51. The average Bonchev–Trinajstić information content (AvgIpc) is 2.36. The van der Waals surface area contributed by atoms with Crippen molar-refractivity contribution in [2.24, 2.45) is 0 Å². The van der Waals surface area contributed by atoms with Crippen molar-refractivity contribution in [1.82, 2.24) is 5.32 Å². The Hall–Kier alpha value is -0.0600. The highest BCUT2D eigenvalue weighted by Gasteiger charge is 2.06. The van der Waals surface area contributed by atoms with Gasteiger partial charge in [0.25, 0.3) is 5.91 Å². The highest BCUT2D eigenvalue weighted by atomic mass is 79.9. The second-order valence-electron chi connectivity index (χ2n) is 3.99. The molecule has 0 saturated heterocycles. The Morgan fingerprint density at radius 1 is 1.22 bits per heavy atom. The van der Waals surface area contributed by atoms with E-state index in [1.165, 1.54) is 12.8 Å². The van der Waals surface area contributed by atoms with Crippen molar-refractivity contribution in [1.29, 1.82) is 0 Å². The molecule has 0 heterocycles. The molecule has 5 heteroatoms. The zero-order chi connectivity index (χ0) is 13.4. The summed E-state index contributed by atoms with van der Waals surface area (Å²) in [7, 11) is 0. The molecule has 0 aliphatic heterocycles. The lowest BCUT2D eigenvalue weighted by molar-refractivity contribution is 0.0953. The number of halogens is 3. The summed E-state index contributed by atoms with van der Waals surface area (Å²) in [6.45, 7) is 0.717. The minimum Gasteiger partial charge on any atom is -0.352 e. The van der Waals surface area contributed by atoms with Gasteiger partial charge in [0, 0.05) is 21.9 Å². The van der Waals surface area contributed by atoms with Gasteiger partial charge in [0.2, 0.25) is 0 Å². The van der Waals surface area contributed by atoms with E-state index in [9.17, 15) is 4.79 Å². The highest BCUT2D eigenvalue weighted by Crippen LogP contribution is 2.23. The molecule has 0 spiro atoms. The van der Waals surface area contributed by atoms with Crippen molar-refractivity contribution in [2.75, 3.05) is 11.9 Å². The van der Waals surface area contributed by atoms with Gasteiger partial charge in [-0.3, -0.25) is 4.79 Å². The SMILES string of the molecule is O=C(NCCCCCCBr)c1ccc(Br)c(Cl)c1. The average molecular weight is 398 g/mol. The summed E-state index contributed by atoms with van der Waals surface area (Å²) in [4.78, 5) is 11.8. The van der Waals surface area contributed by atoms with Crippen LogP contribution in [0.5, 0.6) is 0 Å². The second-order valence-corrected chi connectivity index (χ2v) is 6.04. The molecule has 1 aromatic rings. The molecule has 0 aromatic heterocycles. The number of rotatable bonds is 7. The molecule has 0 atom stereocenters. The van der Waals surface area contributed by atoms with Gasteiger partial charge < -0.3 is 5.32 Å². The summed E-state index contributed by atoms with van der Waals surface area (Å²) < 4.78 is 0.801. The molecule has 0 aliphatic rings. The van der Waals surface area contributed by atoms with Crippen LogP contribution in [0.1, 0.15) is 36.0 Å². The fraction of sp³-hybridized carbons (Fsp3) is 0.462. The number of nitrogens with one attached hydrogen (secondary N) is 1. The van der Waals surface area contributed by atoms with Crippen molar-refractivity contribution in [3.05, 3.63) is 33.3 Å². The van der Waals surface area contributed by atoms with Crippen LogP contribution < -0.4 is 5.32 Å². The Morgan fingerprint density at radius 3 is 2.61 bits per heavy atom. The number of unbranched alkanes of at least 4 members (excludes halogenated alkanes) is 3. The number of carbonyl (C=O) groups is 1. The zero-order valence-electron chi connectivity index (χ0n) is 10.0. The summed E-state index contributed by atoms with van der Waals surface area (Å²) in [6.07, 6.45) is 4.55. The lowest BCUT2D eigenvalue weighted by Crippen LogP contribution is -2.24. The molecule has 0 fully saturated rings. The van der Waals surface area contributed by atoms with Crippen LogP contribution in [0.25, 0.3) is 0 Å². The van der Waals surface area contributed by atoms with Gasteiger partial charge in [-0.05, 0) is 47.0 Å². The molecule has 0 radical (unpaired) electrons. The maximum atomic E-state index is 11.8. The second kappa shape index (κ2) is 8.94. The van der Waals surface area contributed by atoms with E-state index < -0.39 is 0 Å². The van der Waals surface area contributed by atoms with Gasteiger partial charge in [-0.25, -0.2) is 0 Å². The van der Waals surface area contributed by atoms with Gasteiger partial charge in [0.1, 0.15) is 0 Å². The molecule has 1 aromatic carbocycles. The summed E-state index contributed by atoms with van der Waals surface area (Å²) in [5.41, 5.74) is 0.601. The van der Waals surface area contributed by atoms with Gasteiger partial charge in [0.05, 0.1) is 5.02 Å². The Balaban J connectivity index is 2.30. The number of benzene rings is 1. The van der Waals surface area contributed by atoms with Crippen LogP contribution in [0.3, 0.4) is 0 Å². The van der Waals surface area contributed by atoms with Crippen LogP contribution in [0.4, 0.5) is 0 Å². The maximum absolute atomic E-state index is 11.8. The quantitative estimate of drug-likeness (QED) is 0.520. The monoisotopic (exact) mass is 395 g/mol. The zero-order valence-corrected chi connectivity index (χ0v) is 13.9. The number of alkyl halides is 1. The molecule has 18 heavy (non-hydrogen) atoms. The van der Waals surface area contributed by atoms with Crippen LogP contribution in [0.2, 0.25) is 5.02 Å². The van der Waals surface area contributed by atoms with E-state index in [2.05, 4.69) is 37.2 Å². The Kier molecular flexibility index (Phi) is 7.95. The molecule has 0 saturated carbocycles. The van der Waals surface area contributed by atoms with Crippen LogP contribution in [-0.4, -0.2) is 17.8 Å².